The number of rotatable bonds is 3. The molecule has 0 saturated carbocycles. The minimum atomic E-state index is 0.719. The van der Waals surface area contributed by atoms with E-state index in [1.54, 1.807) is 6.33 Å². The largest absolute Gasteiger partial charge is 0.340 e. The molecule has 1 N–H and O–H groups in total. The first-order valence-corrected chi connectivity index (χ1v) is 5.85. The molecule has 0 radical (unpaired) electrons. The fourth-order valence-electron chi connectivity index (χ4n) is 1.96. The van der Waals surface area contributed by atoms with Gasteiger partial charge in [0, 0.05) is 6.42 Å². The van der Waals surface area contributed by atoms with Gasteiger partial charge in [0.2, 0.25) is 0 Å². The van der Waals surface area contributed by atoms with Crippen molar-refractivity contribution in [3.63, 3.8) is 0 Å². The Morgan fingerprint density at radius 3 is 3.06 bits per heavy atom. The van der Waals surface area contributed by atoms with Crippen molar-refractivity contribution in [3.8, 4) is 0 Å². The molecule has 6 heteroatoms. The maximum absolute atomic E-state index is 4.53. The molecule has 0 aromatic carbocycles. The van der Waals surface area contributed by atoms with Gasteiger partial charge in [0.05, 0.1) is 6.33 Å². The maximum atomic E-state index is 4.53. The van der Waals surface area contributed by atoms with E-state index >= 15 is 0 Å². The Labute approximate surface area is 98.1 Å². The van der Waals surface area contributed by atoms with E-state index in [2.05, 4.69) is 32.0 Å². The fraction of sp³-hybridized carbons (Fsp3) is 0.455. The topological polar surface area (TPSA) is 71.8 Å². The summed E-state index contributed by atoms with van der Waals surface area (Å²) < 4.78 is 1.82. The van der Waals surface area contributed by atoms with Crippen molar-refractivity contribution in [2.45, 2.75) is 33.1 Å². The molecule has 0 atom stereocenters. The molecule has 88 valence electrons. The molecule has 0 bridgehead atoms. The predicted octanol–water partition coefficient (Wildman–Crippen LogP) is 1.65. The van der Waals surface area contributed by atoms with Crippen molar-refractivity contribution < 1.29 is 0 Å². The van der Waals surface area contributed by atoms with Crippen molar-refractivity contribution in [1.82, 2.24) is 29.5 Å². The summed E-state index contributed by atoms with van der Waals surface area (Å²) in [7, 11) is 0. The third-order valence-corrected chi connectivity index (χ3v) is 2.79. The lowest BCUT2D eigenvalue weighted by atomic mass is 10.2. The standard InChI is InChI=1S/C11H14N6/c1-3-4-5-8-15-10-9(12-6-13-10)11-14-7(2)16-17(8)11/h6H,3-5H2,1-2H3,(H,12,13). The number of aromatic nitrogens is 6. The maximum Gasteiger partial charge on any atom is 0.185 e. The van der Waals surface area contributed by atoms with Gasteiger partial charge in [0.1, 0.15) is 17.2 Å². The number of H-pyrrole nitrogens is 1. The summed E-state index contributed by atoms with van der Waals surface area (Å²) >= 11 is 0. The molecule has 3 aromatic heterocycles. The van der Waals surface area contributed by atoms with Crippen LogP contribution in [0, 0.1) is 6.92 Å². The minimum Gasteiger partial charge on any atom is -0.340 e. The first-order chi connectivity index (χ1) is 8.29. The predicted molar refractivity (Wildman–Crippen MR) is 63.8 cm³/mol. The normalized spacial score (nSPS) is 11.6. The van der Waals surface area contributed by atoms with E-state index in [1.165, 1.54) is 0 Å². The van der Waals surface area contributed by atoms with Gasteiger partial charge in [-0.15, -0.1) is 5.10 Å². The Bertz CT molecular complexity index is 665. The molecule has 3 heterocycles. The molecule has 0 spiro atoms. The lowest BCUT2D eigenvalue weighted by molar-refractivity contribution is 0.715. The third-order valence-electron chi connectivity index (χ3n) is 2.79. The Balaban J connectivity index is 2.29. The molecule has 6 nitrogen and oxygen atoms in total. The Morgan fingerprint density at radius 2 is 2.24 bits per heavy atom. The van der Waals surface area contributed by atoms with Crippen LogP contribution in [0.1, 0.15) is 31.4 Å². The number of fused-ring (bicyclic) bond motifs is 3. The van der Waals surface area contributed by atoms with Gasteiger partial charge in [-0.2, -0.15) is 4.52 Å². The number of hydrogen-bond acceptors (Lipinski definition) is 4. The van der Waals surface area contributed by atoms with E-state index < -0.39 is 0 Å². The zero-order valence-corrected chi connectivity index (χ0v) is 9.93. The number of hydrogen-bond donors (Lipinski definition) is 1. The molecule has 17 heavy (non-hydrogen) atoms. The van der Waals surface area contributed by atoms with Crippen molar-refractivity contribution in [1.29, 1.82) is 0 Å². The molecule has 0 unspecified atom stereocenters. The van der Waals surface area contributed by atoms with Gasteiger partial charge in [-0.3, -0.25) is 0 Å². The van der Waals surface area contributed by atoms with Gasteiger partial charge < -0.3 is 4.98 Å². The monoisotopic (exact) mass is 230 g/mol. The van der Waals surface area contributed by atoms with Crippen LogP contribution in [-0.4, -0.2) is 29.5 Å². The van der Waals surface area contributed by atoms with E-state index in [-0.39, 0.29) is 0 Å². The van der Waals surface area contributed by atoms with Crippen molar-refractivity contribution in [2.24, 2.45) is 0 Å². The quantitative estimate of drug-likeness (QED) is 0.742. The van der Waals surface area contributed by atoms with Crippen LogP contribution in [-0.2, 0) is 6.42 Å². The Morgan fingerprint density at radius 1 is 1.35 bits per heavy atom. The summed E-state index contributed by atoms with van der Waals surface area (Å²) in [4.78, 5) is 16.2. The molecule has 0 aliphatic heterocycles. The summed E-state index contributed by atoms with van der Waals surface area (Å²) in [6.45, 7) is 4.05. The second-order valence-electron chi connectivity index (χ2n) is 4.13. The van der Waals surface area contributed by atoms with E-state index in [1.807, 2.05) is 11.4 Å². The van der Waals surface area contributed by atoms with Gasteiger partial charge in [-0.05, 0) is 13.3 Å². The highest BCUT2D eigenvalue weighted by molar-refractivity contribution is 5.84. The second-order valence-corrected chi connectivity index (χ2v) is 4.13. The molecular formula is C11H14N6. The van der Waals surface area contributed by atoms with Crippen molar-refractivity contribution in [2.75, 3.05) is 0 Å². The molecule has 0 aliphatic carbocycles. The molecule has 0 saturated heterocycles. The lowest BCUT2D eigenvalue weighted by Crippen LogP contribution is -2.03. The highest BCUT2D eigenvalue weighted by atomic mass is 15.3. The summed E-state index contributed by atoms with van der Waals surface area (Å²) in [5, 5.41) is 4.39. The van der Waals surface area contributed by atoms with Gasteiger partial charge in [0.25, 0.3) is 0 Å². The number of unbranched alkanes of at least 4 members (excludes halogenated alkanes) is 1. The van der Waals surface area contributed by atoms with Crippen LogP contribution < -0.4 is 0 Å². The molecule has 3 rings (SSSR count). The first-order valence-electron chi connectivity index (χ1n) is 5.85. The van der Waals surface area contributed by atoms with Crippen LogP contribution >= 0.6 is 0 Å². The average molecular weight is 230 g/mol. The highest BCUT2D eigenvalue weighted by Gasteiger charge is 2.12. The molecule has 3 aromatic rings. The molecule has 0 fully saturated rings. The summed E-state index contributed by atoms with van der Waals surface area (Å²) in [5.41, 5.74) is 2.39. The molecule has 0 aliphatic rings. The van der Waals surface area contributed by atoms with Gasteiger partial charge in [-0.1, -0.05) is 13.3 Å². The summed E-state index contributed by atoms with van der Waals surface area (Å²) in [6.07, 6.45) is 4.77. The number of nitrogens with zero attached hydrogens (tertiary/aromatic N) is 5. The van der Waals surface area contributed by atoms with Crippen LogP contribution in [0.3, 0.4) is 0 Å². The fourth-order valence-corrected chi connectivity index (χ4v) is 1.96. The first kappa shape index (κ1) is 10.2. The number of aryl methyl sites for hydroxylation is 2. The summed E-state index contributed by atoms with van der Waals surface area (Å²) in [6, 6.07) is 0. The van der Waals surface area contributed by atoms with Crippen LogP contribution in [0.5, 0.6) is 0 Å². The minimum absolute atomic E-state index is 0.719. The van der Waals surface area contributed by atoms with E-state index in [0.717, 1.165) is 47.7 Å². The highest BCUT2D eigenvalue weighted by Crippen LogP contribution is 2.15. The Hall–Kier alpha value is -1.98. The average Bonchev–Trinajstić information content (AvgIpc) is 2.90. The van der Waals surface area contributed by atoms with E-state index in [4.69, 9.17) is 0 Å². The number of aromatic amines is 1. The number of imidazole rings is 1. The smallest absolute Gasteiger partial charge is 0.185 e. The second kappa shape index (κ2) is 3.80. The summed E-state index contributed by atoms with van der Waals surface area (Å²) in [5.74, 6) is 1.69. The number of nitrogens with one attached hydrogen (secondary N) is 1. The molecule has 0 amide bonds. The van der Waals surface area contributed by atoms with E-state index in [9.17, 15) is 0 Å². The Kier molecular flexibility index (Phi) is 2.28. The lowest BCUT2D eigenvalue weighted by Gasteiger charge is -2.02. The van der Waals surface area contributed by atoms with Gasteiger partial charge >= 0.3 is 0 Å². The van der Waals surface area contributed by atoms with Crippen LogP contribution in [0.25, 0.3) is 16.8 Å². The van der Waals surface area contributed by atoms with Gasteiger partial charge in [0.15, 0.2) is 11.3 Å². The van der Waals surface area contributed by atoms with Crippen LogP contribution in [0.15, 0.2) is 6.33 Å². The molecular weight excluding hydrogens is 216 g/mol. The zero-order chi connectivity index (χ0) is 11.8. The zero-order valence-electron chi connectivity index (χ0n) is 9.93. The van der Waals surface area contributed by atoms with Crippen molar-refractivity contribution >= 4 is 16.8 Å². The van der Waals surface area contributed by atoms with Crippen molar-refractivity contribution in [3.05, 3.63) is 18.0 Å². The SMILES string of the molecule is CCCCc1nc2nc[nH]c2c2nc(C)nn12. The van der Waals surface area contributed by atoms with E-state index in [0.29, 0.717) is 0 Å². The third kappa shape index (κ3) is 1.56. The van der Waals surface area contributed by atoms with Gasteiger partial charge in [-0.25, -0.2) is 15.0 Å². The van der Waals surface area contributed by atoms with Crippen LogP contribution in [0.4, 0.5) is 0 Å². The van der Waals surface area contributed by atoms with Crippen LogP contribution in [0.2, 0.25) is 0 Å².